The average molecular weight is 420 g/mol. The molecule has 0 heterocycles. The molecule has 0 aliphatic rings. The molecule has 9 heteroatoms. The van der Waals surface area contributed by atoms with Crippen molar-refractivity contribution in [2.45, 2.75) is 31.7 Å². The van der Waals surface area contributed by atoms with E-state index >= 15 is 0 Å². The number of unbranched alkanes of at least 4 members (excludes halogenated alkanes) is 3. The van der Waals surface area contributed by atoms with Crippen LogP contribution in [0.5, 0.6) is 0 Å². The monoisotopic (exact) mass is 418 g/mol. The van der Waals surface area contributed by atoms with Crippen LogP contribution in [0.25, 0.3) is 6.08 Å². The van der Waals surface area contributed by atoms with E-state index in [-0.39, 0.29) is 12.2 Å². The molecule has 2 nitrogen and oxygen atoms in total. The molecule has 0 N–H and O–H groups in total. The maximum Gasteiger partial charge on any atom is 0.341 e. The largest absolute Gasteiger partial charge is 0.463 e. The summed E-state index contributed by atoms with van der Waals surface area (Å²) in [6.45, 7) is 0.223. The summed E-state index contributed by atoms with van der Waals surface area (Å²) >= 11 is 17.3. The van der Waals surface area contributed by atoms with E-state index in [0.717, 1.165) is 43.5 Å². The normalized spacial score (nSPS) is 11.9. The minimum absolute atomic E-state index is 0.0271. The topological polar surface area (TPSA) is 26.3 Å². The molecule has 1 rings (SSSR count). The molecular weight excluding hydrogens is 404 g/mol. The molecule has 0 saturated heterocycles. The fourth-order valence-corrected chi connectivity index (χ4v) is 3.69. The molecule has 0 aliphatic carbocycles. The zero-order chi connectivity index (χ0) is 18.2. The predicted octanol–water partition coefficient (Wildman–Crippen LogP) is 5.88. The second-order valence-corrected chi connectivity index (χ2v) is 14.4. The smallest absolute Gasteiger partial charge is 0.341 e. The van der Waals surface area contributed by atoms with Gasteiger partial charge in [-0.25, -0.2) is 18.0 Å². The summed E-state index contributed by atoms with van der Waals surface area (Å²) in [6, 6.07) is -0.375. The minimum Gasteiger partial charge on any atom is -0.463 e. The number of ether oxygens (including phenoxy) is 1. The Morgan fingerprint density at radius 2 is 1.62 bits per heavy atom. The van der Waals surface area contributed by atoms with E-state index in [9.17, 15) is 18.0 Å². The fourth-order valence-electron chi connectivity index (χ4n) is 1.84. The lowest BCUT2D eigenvalue weighted by Gasteiger charge is -2.06. The van der Waals surface area contributed by atoms with Gasteiger partial charge >= 0.3 is 12.0 Å². The van der Waals surface area contributed by atoms with Crippen molar-refractivity contribution in [2.75, 3.05) is 6.61 Å². The molecule has 0 aromatic heterocycles. The summed E-state index contributed by atoms with van der Waals surface area (Å²) in [5.41, 5.74) is 0.0271. The van der Waals surface area contributed by atoms with Gasteiger partial charge in [0.1, 0.15) is 0 Å². The molecule has 0 spiro atoms. The number of hydrogen-bond donors (Lipinski definition) is 0. The third-order valence-electron chi connectivity index (χ3n) is 3.02. The van der Waals surface area contributed by atoms with Crippen molar-refractivity contribution < 1.29 is 22.7 Å². The maximum atomic E-state index is 13.0. The Morgan fingerprint density at radius 3 is 2.21 bits per heavy atom. The molecule has 0 radical (unpaired) electrons. The van der Waals surface area contributed by atoms with Crippen LogP contribution in [-0.2, 0) is 9.53 Å². The zero-order valence-corrected chi connectivity index (χ0v) is 15.9. The van der Waals surface area contributed by atoms with Gasteiger partial charge in [0.2, 0.25) is 0 Å². The third kappa shape index (κ3) is 8.96. The van der Waals surface area contributed by atoms with Gasteiger partial charge in [-0.2, -0.15) is 0 Å². The van der Waals surface area contributed by atoms with Gasteiger partial charge in [-0.3, -0.25) is 0 Å². The van der Waals surface area contributed by atoms with E-state index in [1.807, 2.05) is 0 Å². The Kier molecular flexibility index (Phi) is 9.19. The summed E-state index contributed by atoms with van der Waals surface area (Å²) in [5, 5.41) is 0. The second-order valence-electron chi connectivity index (χ2n) is 5.08. The minimum atomic E-state index is -2.55. The average Bonchev–Trinajstić information content (AvgIpc) is 2.48. The number of carbonyl (C=O) groups is 1. The molecule has 0 amide bonds. The van der Waals surface area contributed by atoms with E-state index in [0.29, 0.717) is 12.5 Å². The van der Waals surface area contributed by atoms with Gasteiger partial charge in [0.25, 0.3) is 0 Å². The predicted molar refractivity (Wildman–Crippen MR) is 92.9 cm³/mol. The molecule has 1 aromatic rings. The zero-order valence-electron chi connectivity index (χ0n) is 12.6. The first kappa shape index (κ1) is 21.3. The highest BCUT2D eigenvalue weighted by Gasteiger charge is 2.23. The number of benzene rings is 1. The molecule has 1 aromatic carbocycles. The standard InChI is InChI=1S/C15H16Cl3F3O2Si/c16-24(17,18)8-4-2-1-3-7-23-14(22)6-5-11-9-12(19)15(21)13(20)10-11/h5-6,9-10H,1-4,7-8H2/b6-5+. The Morgan fingerprint density at radius 1 is 1.04 bits per heavy atom. The van der Waals surface area contributed by atoms with Crippen LogP contribution in [0.3, 0.4) is 0 Å². The van der Waals surface area contributed by atoms with Crippen LogP contribution in [-0.4, -0.2) is 18.6 Å². The van der Waals surface area contributed by atoms with Gasteiger partial charge in [0, 0.05) is 6.08 Å². The summed E-state index contributed by atoms with van der Waals surface area (Å²) in [4.78, 5) is 11.5. The Labute approximate surface area is 153 Å². The SMILES string of the molecule is O=C(/C=C/c1cc(F)c(F)c(F)c1)OCCCCCC[Si](Cl)(Cl)Cl. The molecule has 0 atom stereocenters. The van der Waals surface area contributed by atoms with Gasteiger partial charge in [-0.1, -0.05) is 19.3 Å². The molecule has 0 bridgehead atoms. The number of rotatable bonds is 9. The van der Waals surface area contributed by atoms with Crippen LogP contribution in [0.2, 0.25) is 6.04 Å². The summed E-state index contributed by atoms with van der Waals surface area (Å²) in [5.74, 6) is -4.83. The van der Waals surface area contributed by atoms with E-state index in [1.165, 1.54) is 0 Å². The van der Waals surface area contributed by atoms with E-state index in [2.05, 4.69) is 0 Å². The molecule has 0 saturated carbocycles. The van der Waals surface area contributed by atoms with Gasteiger partial charge in [0.15, 0.2) is 17.5 Å². The Balaban J connectivity index is 2.25. The number of carbonyl (C=O) groups excluding carboxylic acids is 1. The van der Waals surface area contributed by atoms with E-state index < -0.39 is 29.4 Å². The first-order valence-electron chi connectivity index (χ1n) is 7.25. The highest BCUT2D eigenvalue weighted by molar-refractivity contribution is 7.64. The van der Waals surface area contributed by atoms with Crippen LogP contribution in [0.15, 0.2) is 18.2 Å². The fraction of sp³-hybridized carbons (Fsp3) is 0.400. The van der Waals surface area contributed by atoms with Crippen LogP contribution in [0.4, 0.5) is 13.2 Å². The van der Waals surface area contributed by atoms with Gasteiger partial charge in [0.05, 0.1) is 6.61 Å². The van der Waals surface area contributed by atoms with Crippen molar-refractivity contribution in [1.82, 2.24) is 0 Å². The van der Waals surface area contributed by atoms with Gasteiger partial charge in [-0.05, 0) is 36.2 Å². The van der Waals surface area contributed by atoms with Crippen molar-refractivity contribution in [3.8, 4) is 0 Å². The van der Waals surface area contributed by atoms with Crippen LogP contribution in [0.1, 0.15) is 31.2 Å². The first-order valence-corrected chi connectivity index (χ1v) is 12.5. The summed E-state index contributed by atoms with van der Waals surface area (Å²) in [6.07, 6.45) is 5.38. The lowest BCUT2D eigenvalue weighted by Crippen LogP contribution is -2.07. The second kappa shape index (κ2) is 10.3. The third-order valence-corrected chi connectivity index (χ3v) is 5.64. The molecule has 0 fully saturated rings. The van der Waals surface area contributed by atoms with Gasteiger partial charge in [-0.15, -0.1) is 33.2 Å². The Bertz CT molecular complexity index is 569. The van der Waals surface area contributed by atoms with E-state index in [1.54, 1.807) is 0 Å². The van der Waals surface area contributed by atoms with Crippen molar-refractivity contribution in [2.24, 2.45) is 0 Å². The molecule has 24 heavy (non-hydrogen) atoms. The first-order chi connectivity index (χ1) is 11.2. The molecule has 0 unspecified atom stereocenters. The number of esters is 1. The highest BCUT2D eigenvalue weighted by Crippen LogP contribution is 2.27. The summed E-state index contributed by atoms with van der Waals surface area (Å²) < 4.78 is 43.7. The molecule has 0 aliphatic heterocycles. The van der Waals surface area contributed by atoms with Gasteiger partial charge < -0.3 is 4.74 Å². The molecular formula is C15H16Cl3F3O2Si. The summed E-state index contributed by atoms with van der Waals surface area (Å²) in [7, 11) is 0. The quantitative estimate of drug-likeness (QED) is 0.125. The lowest BCUT2D eigenvalue weighted by molar-refractivity contribution is -0.137. The number of halogens is 6. The van der Waals surface area contributed by atoms with Crippen molar-refractivity contribution in [3.63, 3.8) is 0 Å². The van der Waals surface area contributed by atoms with Crippen LogP contribution < -0.4 is 0 Å². The Hall–Kier alpha value is -0.693. The highest BCUT2D eigenvalue weighted by atomic mass is 35.8. The van der Waals surface area contributed by atoms with E-state index in [4.69, 9.17) is 38.0 Å². The van der Waals surface area contributed by atoms with Crippen molar-refractivity contribution in [3.05, 3.63) is 41.2 Å². The van der Waals surface area contributed by atoms with Crippen molar-refractivity contribution in [1.29, 1.82) is 0 Å². The lowest BCUT2D eigenvalue weighted by atomic mass is 10.2. The maximum absolute atomic E-state index is 13.0. The van der Waals surface area contributed by atoms with Crippen LogP contribution in [0, 0.1) is 17.5 Å². The molecule has 134 valence electrons. The van der Waals surface area contributed by atoms with Crippen LogP contribution >= 0.6 is 33.2 Å². The number of hydrogen-bond acceptors (Lipinski definition) is 2. The van der Waals surface area contributed by atoms with Crippen molar-refractivity contribution >= 4 is 51.3 Å².